The first kappa shape index (κ1) is 96.1. The number of ether oxygens (including phenoxy) is 4. The highest BCUT2D eigenvalue weighted by molar-refractivity contribution is 7.47. The molecule has 0 spiro atoms. The Hall–Kier alpha value is -1.94. The van der Waals surface area contributed by atoms with Gasteiger partial charge in [0.2, 0.25) is 0 Å². The molecule has 0 aliphatic carbocycles. The molecule has 98 heavy (non-hydrogen) atoms. The molecule has 0 aromatic heterocycles. The number of hydrogen-bond acceptors (Lipinski definition) is 15. The molecule has 0 bridgehead atoms. The summed E-state index contributed by atoms with van der Waals surface area (Å²) in [6.45, 7) is 11.9. The summed E-state index contributed by atoms with van der Waals surface area (Å²) >= 11 is 0. The molecule has 0 fully saturated rings. The molecule has 3 N–H and O–H groups in total. The lowest BCUT2D eigenvalue weighted by molar-refractivity contribution is -0.161. The summed E-state index contributed by atoms with van der Waals surface area (Å²) in [7, 11) is -9.92. The molecule has 0 saturated heterocycles. The Morgan fingerprint density at radius 3 is 0.776 bits per heavy atom. The first-order valence-electron chi connectivity index (χ1n) is 40.9. The van der Waals surface area contributed by atoms with E-state index >= 15 is 0 Å². The minimum Gasteiger partial charge on any atom is -0.462 e. The van der Waals surface area contributed by atoms with Gasteiger partial charge < -0.3 is 33.8 Å². The van der Waals surface area contributed by atoms with Gasteiger partial charge in [-0.25, -0.2) is 9.13 Å². The number of phosphoric acid groups is 2. The van der Waals surface area contributed by atoms with Gasteiger partial charge in [-0.15, -0.1) is 0 Å². The number of unbranched alkanes of at least 4 members (excludes halogenated alkanes) is 44. The van der Waals surface area contributed by atoms with Crippen LogP contribution in [0, 0.1) is 17.8 Å². The van der Waals surface area contributed by atoms with Crippen LogP contribution in [0.15, 0.2) is 0 Å². The van der Waals surface area contributed by atoms with Crippen LogP contribution in [0.5, 0.6) is 0 Å². The molecule has 0 heterocycles. The fraction of sp³-hybridized carbons (Fsp3) is 0.949. The maximum Gasteiger partial charge on any atom is 0.472 e. The van der Waals surface area contributed by atoms with Gasteiger partial charge in [0.15, 0.2) is 12.2 Å². The molecule has 0 amide bonds. The van der Waals surface area contributed by atoms with Crippen molar-refractivity contribution in [1.82, 2.24) is 0 Å². The summed E-state index contributed by atoms with van der Waals surface area (Å²) in [5, 5.41) is 10.6. The molecule has 582 valence electrons. The Balaban J connectivity index is 5.22. The first-order chi connectivity index (χ1) is 47.3. The average molecular weight is 1440 g/mol. The van der Waals surface area contributed by atoms with E-state index in [2.05, 4.69) is 48.5 Å². The van der Waals surface area contributed by atoms with Crippen molar-refractivity contribution in [3.8, 4) is 0 Å². The summed E-state index contributed by atoms with van der Waals surface area (Å²) in [6, 6.07) is 0. The minimum atomic E-state index is -4.96. The molecule has 0 radical (unpaired) electrons. The third-order valence-corrected chi connectivity index (χ3v) is 20.6. The van der Waals surface area contributed by atoms with Crippen molar-refractivity contribution < 1.29 is 80.2 Å². The highest BCUT2D eigenvalue weighted by Gasteiger charge is 2.30. The summed E-state index contributed by atoms with van der Waals surface area (Å²) in [5.41, 5.74) is 0. The Bertz CT molecular complexity index is 1910. The Kier molecular flexibility index (Phi) is 68.1. The van der Waals surface area contributed by atoms with Crippen molar-refractivity contribution >= 4 is 39.5 Å². The number of phosphoric ester groups is 2. The maximum atomic E-state index is 13.1. The highest BCUT2D eigenvalue weighted by Crippen LogP contribution is 2.45. The minimum absolute atomic E-state index is 0.104. The summed E-state index contributed by atoms with van der Waals surface area (Å²) in [6.07, 6.45) is 56.9. The lowest BCUT2D eigenvalue weighted by atomic mass is 9.99. The first-order valence-corrected chi connectivity index (χ1v) is 43.9. The molecule has 0 aromatic rings. The second kappa shape index (κ2) is 69.4. The highest BCUT2D eigenvalue weighted by atomic mass is 31.2. The second-order valence-corrected chi connectivity index (χ2v) is 32.6. The van der Waals surface area contributed by atoms with Crippen molar-refractivity contribution in [3.05, 3.63) is 0 Å². The molecule has 19 heteroatoms. The van der Waals surface area contributed by atoms with Crippen LogP contribution in [-0.4, -0.2) is 96.7 Å². The molecule has 3 unspecified atom stereocenters. The Morgan fingerprint density at radius 2 is 0.520 bits per heavy atom. The van der Waals surface area contributed by atoms with E-state index in [1.54, 1.807) is 0 Å². The van der Waals surface area contributed by atoms with Gasteiger partial charge in [0.25, 0.3) is 0 Å². The van der Waals surface area contributed by atoms with E-state index in [0.29, 0.717) is 25.7 Å². The lowest BCUT2D eigenvalue weighted by Crippen LogP contribution is -2.30. The van der Waals surface area contributed by atoms with Gasteiger partial charge in [-0.3, -0.25) is 37.3 Å². The van der Waals surface area contributed by atoms with Crippen LogP contribution in [0.25, 0.3) is 0 Å². The van der Waals surface area contributed by atoms with Gasteiger partial charge in [-0.2, -0.15) is 0 Å². The van der Waals surface area contributed by atoms with Gasteiger partial charge in [0, 0.05) is 25.7 Å². The lowest BCUT2D eigenvalue weighted by Gasteiger charge is -2.21. The molecular weight excluding hydrogens is 1280 g/mol. The van der Waals surface area contributed by atoms with Crippen molar-refractivity contribution in [2.45, 2.75) is 426 Å². The van der Waals surface area contributed by atoms with Crippen molar-refractivity contribution in [2.75, 3.05) is 39.6 Å². The SMILES string of the molecule is CCCCCCCCCCCCCCCCC(=O)OC[C@H](COP(=O)(O)OC[C@@H](O)COP(=O)(O)OC[C@@H](COC(=O)CCCCCCCCCCC(C)C)OC(=O)CCCCCCCCCCC(C)CC)OC(=O)CCCCCCCCCCCCCCCCCCCCC(C)C. The average Bonchev–Trinajstić information content (AvgIpc) is 0.972. The van der Waals surface area contributed by atoms with E-state index < -0.39 is 97.5 Å². The number of carbonyl (C=O) groups is 4. The van der Waals surface area contributed by atoms with Crippen LogP contribution in [-0.2, 0) is 65.4 Å². The smallest absolute Gasteiger partial charge is 0.462 e. The summed E-state index contributed by atoms with van der Waals surface area (Å²) in [5.74, 6) is 0.201. The third kappa shape index (κ3) is 71.1. The van der Waals surface area contributed by atoms with Crippen LogP contribution in [0.4, 0.5) is 0 Å². The molecule has 0 aromatic carbocycles. The molecule has 0 aliphatic rings. The van der Waals surface area contributed by atoms with E-state index in [1.807, 2.05) is 0 Å². The van der Waals surface area contributed by atoms with Gasteiger partial charge in [-0.1, -0.05) is 357 Å². The van der Waals surface area contributed by atoms with Gasteiger partial charge in [0.1, 0.15) is 19.3 Å². The monoisotopic (exact) mass is 1440 g/mol. The van der Waals surface area contributed by atoms with Crippen LogP contribution in [0.3, 0.4) is 0 Å². The molecular formula is C79H154O17P2. The van der Waals surface area contributed by atoms with Crippen molar-refractivity contribution in [2.24, 2.45) is 17.8 Å². The van der Waals surface area contributed by atoms with Crippen LogP contribution < -0.4 is 0 Å². The number of carbonyl (C=O) groups excluding carboxylic acids is 4. The molecule has 0 rings (SSSR count). The fourth-order valence-corrected chi connectivity index (χ4v) is 13.7. The summed E-state index contributed by atoms with van der Waals surface area (Å²) in [4.78, 5) is 72.9. The number of hydrogen-bond donors (Lipinski definition) is 3. The number of aliphatic hydroxyl groups is 1. The standard InChI is InChI=1S/C79H154O17P2/c1-8-10-11-12-13-14-15-16-24-27-30-39-46-53-60-76(81)89-66-74(95-78(83)62-55-48-41-31-28-25-22-20-18-17-19-21-23-26-29-36-43-50-57-70(3)4)68-93-97(85,86)91-64-73(80)65-92-98(87,88)94-69-75(67-90-77(82)61-54-47-40-34-32-37-44-51-58-71(5)6)96-79(84)63-56-49-42-35-33-38-45-52-59-72(7)9-2/h70-75,80H,8-69H2,1-7H3,(H,85,86)(H,87,88)/t72?,73-,74-,75-/m1/s1. The number of esters is 4. The molecule has 6 atom stereocenters. The predicted molar refractivity (Wildman–Crippen MR) is 400 cm³/mol. The zero-order valence-electron chi connectivity index (χ0n) is 64.3. The van der Waals surface area contributed by atoms with E-state index in [4.69, 9.17) is 37.0 Å². The van der Waals surface area contributed by atoms with E-state index in [0.717, 1.165) is 108 Å². The number of aliphatic hydroxyl groups excluding tert-OH is 1. The summed E-state index contributed by atoms with van der Waals surface area (Å²) < 4.78 is 68.6. The van der Waals surface area contributed by atoms with Crippen molar-refractivity contribution in [3.63, 3.8) is 0 Å². The maximum absolute atomic E-state index is 13.1. The largest absolute Gasteiger partial charge is 0.472 e. The van der Waals surface area contributed by atoms with Gasteiger partial charge in [-0.05, 0) is 43.4 Å². The van der Waals surface area contributed by atoms with Crippen molar-refractivity contribution in [1.29, 1.82) is 0 Å². The fourth-order valence-electron chi connectivity index (χ4n) is 12.1. The van der Waals surface area contributed by atoms with Crippen LogP contribution in [0.2, 0.25) is 0 Å². The van der Waals surface area contributed by atoms with Gasteiger partial charge in [0.05, 0.1) is 26.4 Å². The topological polar surface area (TPSA) is 237 Å². The normalized spacial score (nSPS) is 14.3. The van der Waals surface area contributed by atoms with E-state index in [1.165, 1.54) is 218 Å². The Morgan fingerprint density at radius 1 is 0.296 bits per heavy atom. The molecule has 0 aliphatic heterocycles. The molecule has 17 nitrogen and oxygen atoms in total. The van der Waals surface area contributed by atoms with Gasteiger partial charge >= 0.3 is 39.5 Å². The quantitative estimate of drug-likeness (QED) is 0.0222. The zero-order valence-corrected chi connectivity index (χ0v) is 66.0. The second-order valence-electron chi connectivity index (χ2n) is 29.6. The third-order valence-electron chi connectivity index (χ3n) is 18.7. The zero-order chi connectivity index (χ0) is 72.3. The number of rotatable bonds is 77. The molecule has 0 saturated carbocycles. The van der Waals surface area contributed by atoms with E-state index in [-0.39, 0.29) is 25.7 Å². The van der Waals surface area contributed by atoms with E-state index in [9.17, 15) is 43.2 Å². The van der Waals surface area contributed by atoms with Crippen LogP contribution >= 0.6 is 15.6 Å². The van der Waals surface area contributed by atoms with Crippen LogP contribution in [0.1, 0.15) is 408 Å². The Labute approximate surface area is 600 Å². The predicted octanol–water partition coefficient (Wildman–Crippen LogP) is 23.4.